The van der Waals surface area contributed by atoms with E-state index in [2.05, 4.69) is 22.1 Å². The number of rotatable bonds is 4. The minimum absolute atomic E-state index is 0.0107. The molecular weight excluding hydrogens is 340 g/mol. The molecule has 3 heterocycles. The normalized spacial score (nSPS) is 23.1. The highest BCUT2D eigenvalue weighted by molar-refractivity contribution is 5.94. The quantitative estimate of drug-likeness (QED) is 0.903. The SMILES string of the molecule is C[C@@H]1CCCN1C(=O)CN1CC[C@H](C(=O)Nc2cnc3ccccc3c2)C1. The standard InChI is InChI=1S/C21H26N4O2/c1-15-5-4-9-25(15)20(26)14-24-10-8-17(13-24)21(27)23-18-11-16-6-2-3-7-19(16)22-12-18/h2-3,6-7,11-12,15,17H,4-5,8-10,13-14H2,1H3,(H,23,27)/t15-,17+/m1/s1. The molecule has 6 heteroatoms. The number of carbonyl (C=O) groups excluding carboxylic acids is 2. The van der Waals surface area contributed by atoms with Gasteiger partial charge in [0.2, 0.25) is 11.8 Å². The third-order valence-corrected chi connectivity index (χ3v) is 5.73. The first-order valence-corrected chi connectivity index (χ1v) is 9.77. The molecular formula is C21H26N4O2. The molecule has 2 amide bonds. The molecule has 4 rings (SSSR count). The van der Waals surface area contributed by atoms with E-state index >= 15 is 0 Å². The van der Waals surface area contributed by atoms with Crippen molar-refractivity contribution in [2.45, 2.75) is 32.2 Å². The molecule has 6 nitrogen and oxygen atoms in total. The molecule has 0 unspecified atom stereocenters. The number of hydrogen-bond acceptors (Lipinski definition) is 4. The molecule has 0 bridgehead atoms. The van der Waals surface area contributed by atoms with E-state index < -0.39 is 0 Å². The predicted molar refractivity (Wildman–Crippen MR) is 105 cm³/mol. The lowest BCUT2D eigenvalue weighted by Gasteiger charge is -2.24. The Balaban J connectivity index is 1.32. The van der Waals surface area contributed by atoms with Crippen LogP contribution in [0.15, 0.2) is 36.5 Å². The van der Waals surface area contributed by atoms with Crippen molar-refractivity contribution in [2.75, 3.05) is 31.5 Å². The highest BCUT2D eigenvalue weighted by atomic mass is 16.2. The van der Waals surface area contributed by atoms with Gasteiger partial charge in [0, 0.05) is 24.5 Å². The van der Waals surface area contributed by atoms with Crippen molar-refractivity contribution in [1.82, 2.24) is 14.8 Å². The number of nitrogens with zero attached hydrogens (tertiary/aromatic N) is 3. The number of pyridine rings is 1. The first-order chi connectivity index (χ1) is 13.1. The van der Waals surface area contributed by atoms with Gasteiger partial charge in [0.05, 0.1) is 29.9 Å². The summed E-state index contributed by atoms with van der Waals surface area (Å²) >= 11 is 0. The summed E-state index contributed by atoms with van der Waals surface area (Å²) in [5, 5.41) is 4.00. The molecule has 1 aromatic carbocycles. The zero-order valence-corrected chi connectivity index (χ0v) is 15.7. The van der Waals surface area contributed by atoms with Gasteiger partial charge in [0.15, 0.2) is 0 Å². The molecule has 2 aromatic rings. The second kappa shape index (κ2) is 7.64. The Labute approximate surface area is 159 Å². The maximum Gasteiger partial charge on any atom is 0.236 e. The van der Waals surface area contributed by atoms with Crippen LogP contribution in [0.4, 0.5) is 5.69 Å². The predicted octanol–water partition coefficient (Wildman–Crippen LogP) is 2.51. The van der Waals surface area contributed by atoms with Crippen molar-refractivity contribution in [3.05, 3.63) is 36.5 Å². The molecule has 27 heavy (non-hydrogen) atoms. The third-order valence-electron chi connectivity index (χ3n) is 5.73. The Morgan fingerprint density at radius 3 is 2.89 bits per heavy atom. The molecule has 2 aliphatic rings. The van der Waals surface area contributed by atoms with Crippen LogP contribution < -0.4 is 5.32 Å². The molecule has 142 valence electrons. The summed E-state index contributed by atoms with van der Waals surface area (Å²) in [4.78, 5) is 33.6. The van der Waals surface area contributed by atoms with Gasteiger partial charge in [-0.05, 0) is 44.9 Å². The van der Waals surface area contributed by atoms with Crippen LogP contribution in [0.25, 0.3) is 10.9 Å². The summed E-state index contributed by atoms with van der Waals surface area (Å²) < 4.78 is 0. The number of nitrogens with one attached hydrogen (secondary N) is 1. The Morgan fingerprint density at radius 1 is 1.22 bits per heavy atom. The second-order valence-electron chi connectivity index (χ2n) is 7.71. The number of carbonyl (C=O) groups is 2. The van der Waals surface area contributed by atoms with Crippen molar-refractivity contribution >= 4 is 28.4 Å². The van der Waals surface area contributed by atoms with Crippen LogP contribution in [0, 0.1) is 5.92 Å². The van der Waals surface area contributed by atoms with Crippen LogP contribution in [0.2, 0.25) is 0 Å². The molecule has 0 radical (unpaired) electrons. The number of aromatic nitrogens is 1. The topological polar surface area (TPSA) is 65.5 Å². The summed E-state index contributed by atoms with van der Waals surface area (Å²) in [5.41, 5.74) is 1.64. The first-order valence-electron chi connectivity index (χ1n) is 9.77. The lowest BCUT2D eigenvalue weighted by molar-refractivity contribution is -0.133. The molecule has 2 saturated heterocycles. The molecule has 0 saturated carbocycles. The summed E-state index contributed by atoms with van der Waals surface area (Å²) in [6.07, 6.45) is 4.68. The molecule has 2 atom stereocenters. The lowest BCUT2D eigenvalue weighted by atomic mass is 10.1. The maximum atomic E-state index is 12.6. The van der Waals surface area contributed by atoms with Crippen LogP contribution in [0.3, 0.4) is 0 Å². The fraction of sp³-hybridized carbons (Fsp3) is 0.476. The highest BCUT2D eigenvalue weighted by Gasteiger charge is 2.32. The monoisotopic (exact) mass is 366 g/mol. The highest BCUT2D eigenvalue weighted by Crippen LogP contribution is 2.22. The van der Waals surface area contributed by atoms with Gasteiger partial charge in [-0.3, -0.25) is 19.5 Å². The minimum atomic E-state index is -0.0831. The van der Waals surface area contributed by atoms with Crippen LogP contribution >= 0.6 is 0 Å². The van der Waals surface area contributed by atoms with Gasteiger partial charge in [-0.25, -0.2) is 0 Å². The van der Waals surface area contributed by atoms with Crippen molar-refractivity contribution in [2.24, 2.45) is 5.92 Å². The fourth-order valence-electron chi connectivity index (χ4n) is 4.16. The Kier molecular flexibility index (Phi) is 5.07. The number of anilines is 1. The number of fused-ring (bicyclic) bond motifs is 1. The van der Waals surface area contributed by atoms with Crippen molar-refractivity contribution in [3.8, 4) is 0 Å². The van der Waals surface area contributed by atoms with Crippen molar-refractivity contribution in [1.29, 1.82) is 0 Å². The number of hydrogen-bond donors (Lipinski definition) is 1. The summed E-state index contributed by atoms with van der Waals surface area (Å²) in [7, 11) is 0. The van der Waals surface area contributed by atoms with E-state index in [1.54, 1.807) is 6.20 Å². The van der Waals surface area contributed by atoms with E-state index in [-0.39, 0.29) is 17.7 Å². The van der Waals surface area contributed by atoms with Gasteiger partial charge in [0.1, 0.15) is 0 Å². The maximum absolute atomic E-state index is 12.6. The van der Waals surface area contributed by atoms with Crippen LogP contribution in [0.5, 0.6) is 0 Å². The number of likely N-dealkylation sites (tertiary alicyclic amines) is 2. The molecule has 1 N–H and O–H groups in total. The summed E-state index contributed by atoms with van der Waals surface area (Å²) in [5.74, 6) is 0.122. The van der Waals surface area contributed by atoms with Gasteiger partial charge in [-0.1, -0.05) is 18.2 Å². The van der Waals surface area contributed by atoms with Gasteiger partial charge in [-0.2, -0.15) is 0 Å². The van der Waals surface area contributed by atoms with Crippen molar-refractivity contribution < 1.29 is 9.59 Å². The molecule has 0 aliphatic carbocycles. The van der Waals surface area contributed by atoms with E-state index in [0.717, 1.165) is 48.9 Å². The Morgan fingerprint density at radius 2 is 2.07 bits per heavy atom. The Hall–Kier alpha value is -2.47. The van der Waals surface area contributed by atoms with E-state index in [1.807, 2.05) is 35.2 Å². The van der Waals surface area contributed by atoms with E-state index in [4.69, 9.17) is 0 Å². The van der Waals surface area contributed by atoms with Gasteiger partial charge in [0.25, 0.3) is 0 Å². The summed E-state index contributed by atoms with van der Waals surface area (Å²) in [6, 6.07) is 10.1. The first kappa shape index (κ1) is 17.9. The van der Waals surface area contributed by atoms with Crippen LogP contribution in [-0.4, -0.2) is 58.8 Å². The van der Waals surface area contributed by atoms with Crippen LogP contribution in [-0.2, 0) is 9.59 Å². The Bertz CT molecular complexity index is 853. The fourth-order valence-corrected chi connectivity index (χ4v) is 4.16. The molecule has 0 spiro atoms. The van der Waals surface area contributed by atoms with E-state index in [1.165, 1.54) is 0 Å². The average Bonchev–Trinajstić information content (AvgIpc) is 3.30. The molecule has 2 fully saturated rings. The third kappa shape index (κ3) is 3.95. The number of para-hydroxylation sites is 1. The van der Waals surface area contributed by atoms with Crippen LogP contribution in [0.1, 0.15) is 26.2 Å². The van der Waals surface area contributed by atoms with Crippen molar-refractivity contribution in [3.63, 3.8) is 0 Å². The van der Waals surface area contributed by atoms with Gasteiger partial charge >= 0.3 is 0 Å². The number of amides is 2. The largest absolute Gasteiger partial charge is 0.339 e. The van der Waals surface area contributed by atoms with E-state index in [9.17, 15) is 9.59 Å². The second-order valence-corrected chi connectivity index (χ2v) is 7.71. The van der Waals surface area contributed by atoms with Gasteiger partial charge in [-0.15, -0.1) is 0 Å². The minimum Gasteiger partial charge on any atom is -0.339 e. The lowest BCUT2D eigenvalue weighted by Crippen LogP contribution is -2.41. The summed E-state index contributed by atoms with van der Waals surface area (Å²) in [6.45, 7) is 4.84. The molecule has 1 aromatic heterocycles. The average molecular weight is 366 g/mol. The number of benzene rings is 1. The zero-order chi connectivity index (χ0) is 18.8. The smallest absolute Gasteiger partial charge is 0.236 e. The van der Waals surface area contributed by atoms with E-state index in [0.29, 0.717) is 19.1 Å². The zero-order valence-electron chi connectivity index (χ0n) is 15.7. The molecule has 2 aliphatic heterocycles. The van der Waals surface area contributed by atoms with Gasteiger partial charge < -0.3 is 10.2 Å².